The standard InChI is InChI=1S/C7H5ClO4S2/c8-5-1-2-7(13-5)14(11,12)4-3-6(9)10/h1-4H,(H,9,10)/b4-3+. The summed E-state index contributed by atoms with van der Waals surface area (Å²) in [6, 6.07) is 2.77. The molecule has 0 aromatic carbocycles. The fraction of sp³-hybridized carbons (Fsp3) is 0. The van der Waals surface area contributed by atoms with Crippen molar-refractivity contribution in [3.05, 3.63) is 28.0 Å². The minimum atomic E-state index is -3.66. The van der Waals surface area contributed by atoms with Gasteiger partial charge in [-0.3, -0.25) is 0 Å². The quantitative estimate of drug-likeness (QED) is 0.833. The third kappa shape index (κ3) is 2.83. The average molecular weight is 253 g/mol. The smallest absolute Gasteiger partial charge is 0.329 e. The van der Waals surface area contributed by atoms with E-state index in [2.05, 4.69) is 0 Å². The monoisotopic (exact) mass is 252 g/mol. The summed E-state index contributed by atoms with van der Waals surface area (Å²) < 4.78 is 23.1. The van der Waals surface area contributed by atoms with Gasteiger partial charge in [0.1, 0.15) is 4.21 Å². The van der Waals surface area contributed by atoms with Crippen molar-refractivity contribution in [2.45, 2.75) is 4.21 Å². The molecule has 0 fully saturated rings. The maximum Gasteiger partial charge on any atom is 0.329 e. The van der Waals surface area contributed by atoms with E-state index in [9.17, 15) is 13.2 Å². The Morgan fingerprint density at radius 1 is 1.50 bits per heavy atom. The highest BCUT2D eigenvalue weighted by Crippen LogP contribution is 2.26. The lowest BCUT2D eigenvalue weighted by Gasteiger charge is -1.90. The van der Waals surface area contributed by atoms with E-state index in [0.717, 1.165) is 11.3 Å². The Balaban J connectivity index is 3.03. The zero-order chi connectivity index (χ0) is 10.8. The second kappa shape index (κ2) is 4.12. The van der Waals surface area contributed by atoms with Gasteiger partial charge in [0.05, 0.1) is 4.34 Å². The van der Waals surface area contributed by atoms with Crippen LogP contribution in [0.2, 0.25) is 4.34 Å². The van der Waals surface area contributed by atoms with Gasteiger partial charge < -0.3 is 5.11 Å². The number of halogens is 1. The van der Waals surface area contributed by atoms with E-state index < -0.39 is 15.8 Å². The highest BCUT2D eigenvalue weighted by molar-refractivity contribution is 7.96. The molecule has 76 valence electrons. The van der Waals surface area contributed by atoms with Crippen LogP contribution in [0.3, 0.4) is 0 Å². The van der Waals surface area contributed by atoms with Crippen LogP contribution in [0.5, 0.6) is 0 Å². The third-order valence-corrected chi connectivity index (χ3v) is 4.38. The summed E-state index contributed by atoms with van der Waals surface area (Å²) in [5, 5.41) is 8.89. The predicted octanol–water partition coefficient (Wildman–Crippen LogP) is 1.77. The maximum absolute atomic E-state index is 11.4. The first-order chi connectivity index (χ1) is 6.42. The van der Waals surface area contributed by atoms with Crippen molar-refractivity contribution in [2.75, 3.05) is 0 Å². The first-order valence-corrected chi connectivity index (χ1v) is 6.07. The van der Waals surface area contributed by atoms with Gasteiger partial charge in [-0.2, -0.15) is 0 Å². The largest absolute Gasteiger partial charge is 0.478 e. The fourth-order valence-corrected chi connectivity index (χ4v) is 3.17. The molecule has 0 aliphatic carbocycles. The van der Waals surface area contributed by atoms with E-state index >= 15 is 0 Å². The van der Waals surface area contributed by atoms with Crippen LogP contribution in [-0.4, -0.2) is 19.5 Å². The van der Waals surface area contributed by atoms with E-state index in [1.165, 1.54) is 12.1 Å². The minimum absolute atomic E-state index is 0.0278. The molecule has 0 bridgehead atoms. The van der Waals surface area contributed by atoms with Crippen molar-refractivity contribution in [2.24, 2.45) is 0 Å². The van der Waals surface area contributed by atoms with Gasteiger partial charge in [0.25, 0.3) is 0 Å². The Bertz CT molecular complexity index is 472. The number of carboxylic acid groups (broad SMARTS) is 1. The summed E-state index contributed by atoms with van der Waals surface area (Å²) in [5.74, 6) is -1.31. The topological polar surface area (TPSA) is 71.4 Å². The lowest BCUT2D eigenvalue weighted by Crippen LogP contribution is -1.95. The van der Waals surface area contributed by atoms with Crippen LogP contribution >= 0.6 is 22.9 Å². The van der Waals surface area contributed by atoms with Gasteiger partial charge in [0.2, 0.25) is 9.84 Å². The van der Waals surface area contributed by atoms with E-state index in [4.69, 9.17) is 16.7 Å². The summed E-state index contributed by atoms with van der Waals surface area (Å²) >= 11 is 6.42. The van der Waals surface area contributed by atoms with Crippen LogP contribution in [0.25, 0.3) is 0 Å². The molecule has 1 N–H and O–H groups in total. The van der Waals surface area contributed by atoms with Crippen LogP contribution in [0.15, 0.2) is 27.8 Å². The van der Waals surface area contributed by atoms with Crippen molar-refractivity contribution < 1.29 is 18.3 Å². The highest BCUT2D eigenvalue weighted by atomic mass is 35.5. The van der Waals surface area contributed by atoms with Gasteiger partial charge in [0, 0.05) is 11.5 Å². The van der Waals surface area contributed by atoms with Crippen LogP contribution in [-0.2, 0) is 14.6 Å². The van der Waals surface area contributed by atoms with Crippen molar-refractivity contribution >= 4 is 38.7 Å². The number of thiophene rings is 1. The van der Waals surface area contributed by atoms with E-state index in [-0.39, 0.29) is 4.21 Å². The molecule has 0 aliphatic rings. The van der Waals surface area contributed by atoms with Crippen molar-refractivity contribution in [1.29, 1.82) is 0 Å². The van der Waals surface area contributed by atoms with Crippen LogP contribution in [0.1, 0.15) is 0 Å². The van der Waals surface area contributed by atoms with Gasteiger partial charge in [-0.15, -0.1) is 11.3 Å². The summed E-state index contributed by atoms with van der Waals surface area (Å²) in [6.45, 7) is 0. The lowest BCUT2D eigenvalue weighted by atomic mass is 10.7. The number of hydrogen-bond donors (Lipinski definition) is 1. The Morgan fingerprint density at radius 2 is 2.14 bits per heavy atom. The Hall–Kier alpha value is -0.850. The molecule has 0 atom stereocenters. The second-order valence-corrected chi connectivity index (χ2v) is 6.02. The maximum atomic E-state index is 11.4. The SMILES string of the molecule is O=C(O)/C=C/S(=O)(=O)c1ccc(Cl)s1. The lowest BCUT2D eigenvalue weighted by molar-refractivity contribution is -0.131. The Kier molecular flexibility index (Phi) is 3.30. The highest BCUT2D eigenvalue weighted by Gasteiger charge is 2.13. The van der Waals surface area contributed by atoms with E-state index in [1.54, 1.807) is 0 Å². The molecule has 0 unspecified atom stereocenters. The van der Waals surface area contributed by atoms with Gasteiger partial charge in [-0.25, -0.2) is 13.2 Å². The molecule has 0 aliphatic heterocycles. The zero-order valence-corrected chi connectivity index (χ0v) is 9.06. The Morgan fingerprint density at radius 3 is 2.57 bits per heavy atom. The molecule has 4 nitrogen and oxygen atoms in total. The van der Waals surface area contributed by atoms with Gasteiger partial charge >= 0.3 is 5.97 Å². The molecule has 0 saturated carbocycles. The van der Waals surface area contributed by atoms with Crippen LogP contribution in [0.4, 0.5) is 0 Å². The number of sulfone groups is 1. The number of carboxylic acids is 1. The van der Waals surface area contributed by atoms with Crippen molar-refractivity contribution in [3.8, 4) is 0 Å². The summed E-state index contributed by atoms with van der Waals surface area (Å²) in [4.78, 5) is 10.1. The number of hydrogen-bond acceptors (Lipinski definition) is 4. The minimum Gasteiger partial charge on any atom is -0.478 e. The fourth-order valence-electron chi connectivity index (χ4n) is 0.665. The molecular weight excluding hydrogens is 248 g/mol. The van der Waals surface area contributed by atoms with Crippen LogP contribution < -0.4 is 0 Å². The third-order valence-electron chi connectivity index (χ3n) is 1.22. The molecule has 1 heterocycles. The molecule has 0 amide bonds. The Labute approximate surface area is 89.4 Å². The molecule has 1 aromatic heterocycles. The molecule has 0 radical (unpaired) electrons. The zero-order valence-electron chi connectivity index (χ0n) is 6.68. The number of carbonyl (C=O) groups is 1. The van der Waals surface area contributed by atoms with E-state index in [1.807, 2.05) is 0 Å². The molecule has 14 heavy (non-hydrogen) atoms. The summed E-state index contributed by atoms with van der Waals surface area (Å²) in [7, 11) is -3.66. The first kappa shape index (κ1) is 11.2. The van der Waals surface area contributed by atoms with Crippen molar-refractivity contribution in [3.63, 3.8) is 0 Å². The van der Waals surface area contributed by atoms with Crippen LogP contribution in [0, 0.1) is 0 Å². The first-order valence-electron chi connectivity index (χ1n) is 3.33. The predicted molar refractivity (Wildman–Crippen MR) is 53.3 cm³/mol. The van der Waals surface area contributed by atoms with E-state index in [0.29, 0.717) is 15.8 Å². The molecule has 1 aromatic rings. The van der Waals surface area contributed by atoms with Gasteiger partial charge in [-0.1, -0.05) is 11.6 Å². The second-order valence-electron chi connectivity index (χ2n) is 2.24. The molecule has 0 spiro atoms. The number of rotatable bonds is 3. The molecule has 7 heteroatoms. The molecule has 1 rings (SSSR count). The number of aliphatic carboxylic acids is 1. The van der Waals surface area contributed by atoms with Gasteiger partial charge in [-0.05, 0) is 12.1 Å². The molecule has 0 saturated heterocycles. The van der Waals surface area contributed by atoms with Gasteiger partial charge in [0.15, 0.2) is 0 Å². The summed E-state index contributed by atoms with van der Waals surface area (Å²) in [6.07, 6.45) is 0.572. The van der Waals surface area contributed by atoms with Crippen molar-refractivity contribution in [1.82, 2.24) is 0 Å². The normalized spacial score (nSPS) is 12.1. The molecular formula is C7H5ClO4S2. The summed E-state index contributed by atoms with van der Waals surface area (Å²) in [5.41, 5.74) is 0. The average Bonchev–Trinajstić information content (AvgIpc) is 2.49.